The van der Waals surface area contributed by atoms with Crippen LogP contribution in [0, 0.1) is 0 Å². The van der Waals surface area contributed by atoms with Crippen LogP contribution in [0.15, 0.2) is 36.4 Å². The molecule has 1 aromatic carbocycles. The van der Waals surface area contributed by atoms with Crippen molar-refractivity contribution in [3.05, 3.63) is 42.0 Å². The number of hydrogen-bond acceptors (Lipinski definition) is 4. The SMILES string of the molecule is CCOC(=O)CNC(=O)C1CC(/C=C/c2ccccc2)O1. The molecule has 2 atom stereocenters. The Kier molecular flexibility index (Phi) is 5.51. The molecule has 5 nitrogen and oxygen atoms in total. The van der Waals surface area contributed by atoms with Crippen molar-refractivity contribution >= 4 is 18.0 Å². The second-order valence-electron chi connectivity index (χ2n) is 4.69. The van der Waals surface area contributed by atoms with Gasteiger partial charge in [0, 0.05) is 6.42 Å². The van der Waals surface area contributed by atoms with Crippen molar-refractivity contribution in [2.24, 2.45) is 0 Å². The number of hydrogen-bond donors (Lipinski definition) is 1. The first-order chi connectivity index (χ1) is 10.2. The van der Waals surface area contributed by atoms with Gasteiger partial charge in [-0.25, -0.2) is 0 Å². The highest BCUT2D eigenvalue weighted by molar-refractivity contribution is 5.85. The molecule has 112 valence electrons. The van der Waals surface area contributed by atoms with E-state index in [2.05, 4.69) is 5.32 Å². The monoisotopic (exact) mass is 289 g/mol. The molecule has 0 saturated carbocycles. The zero-order chi connectivity index (χ0) is 15.1. The molecule has 0 spiro atoms. The van der Waals surface area contributed by atoms with Gasteiger partial charge in [0.2, 0.25) is 5.91 Å². The first kappa shape index (κ1) is 15.3. The van der Waals surface area contributed by atoms with E-state index in [0.717, 1.165) is 5.56 Å². The minimum absolute atomic E-state index is 0.0523. The Morgan fingerprint density at radius 2 is 2.10 bits per heavy atom. The Bertz CT molecular complexity index is 506. The van der Waals surface area contributed by atoms with E-state index in [-0.39, 0.29) is 18.6 Å². The lowest BCUT2D eigenvalue weighted by Gasteiger charge is -2.32. The van der Waals surface area contributed by atoms with Gasteiger partial charge in [-0.2, -0.15) is 0 Å². The first-order valence-corrected chi connectivity index (χ1v) is 7.01. The van der Waals surface area contributed by atoms with Crippen LogP contribution in [0.1, 0.15) is 18.9 Å². The summed E-state index contributed by atoms with van der Waals surface area (Å²) >= 11 is 0. The van der Waals surface area contributed by atoms with Crippen LogP contribution in [-0.2, 0) is 19.1 Å². The van der Waals surface area contributed by atoms with Crippen LogP contribution in [0.2, 0.25) is 0 Å². The Hall–Kier alpha value is -2.14. The van der Waals surface area contributed by atoms with Crippen LogP contribution in [0.5, 0.6) is 0 Å². The molecule has 0 aliphatic carbocycles. The summed E-state index contributed by atoms with van der Waals surface area (Å²) in [6, 6.07) is 9.89. The predicted octanol–water partition coefficient (Wildman–Crippen LogP) is 1.54. The fraction of sp³-hybridized carbons (Fsp3) is 0.375. The maximum Gasteiger partial charge on any atom is 0.325 e. The number of esters is 1. The molecule has 1 aromatic rings. The number of nitrogens with one attached hydrogen (secondary N) is 1. The molecule has 0 bridgehead atoms. The Balaban J connectivity index is 1.68. The molecule has 1 saturated heterocycles. The Morgan fingerprint density at radius 3 is 2.76 bits per heavy atom. The second-order valence-corrected chi connectivity index (χ2v) is 4.69. The molecular weight excluding hydrogens is 270 g/mol. The van der Waals surface area contributed by atoms with Gasteiger partial charge < -0.3 is 14.8 Å². The topological polar surface area (TPSA) is 64.6 Å². The number of benzene rings is 1. The average molecular weight is 289 g/mol. The second kappa shape index (κ2) is 7.59. The van der Waals surface area contributed by atoms with Gasteiger partial charge >= 0.3 is 5.97 Å². The molecule has 1 aliphatic rings. The predicted molar refractivity (Wildman–Crippen MR) is 78.4 cm³/mol. The molecular formula is C16H19NO4. The van der Waals surface area contributed by atoms with Gasteiger partial charge in [0.25, 0.3) is 0 Å². The maximum absolute atomic E-state index is 11.7. The third-order valence-corrected chi connectivity index (χ3v) is 3.09. The van der Waals surface area contributed by atoms with E-state index >= 15 is 0 Å². The lowest BCUT2D eigenvalue weighted by molar-refractivity contribution is -0.156. The van der Waals surface area contributed by atoms with Crippen molar-refractivity contribution in [2.45, 2.75) is 25.6 Å². The Labute approximate surface area is 123 Å². The van der Waals surface area contributed by atoms with Gasteiger partial charge in [0.1, 0.15) is 12.6 Å². The van der Waals surface area contributed by atoms with Gasteiger partial charge in [-0.1, -0.05) is 42.5 Å². The van der Waals surface area contributed by atoms with Crippen LogP contribution in [0.3, 0.4) is 0 Å². The van der Waals surface area contributed by atoms with Gasteiger partial charge in [0.05, 0.1) is 12.7 Å². The van der Waals surface area contributed by atoms with Crippen LogP contribution in [0.25, 0.3) is 6.08 Å². The van der Waals surface area contributed by atoms with E-state index < -0.39 is 12.1 Å². The largest absolute Gasteiger partial charge is 0.465 e. The van der Waals surface area contributed by atoms with E-state index in [1.54, 1.807) is 6.92 Å². The highest BCUT2D eigenvalue weighted by atomic mass is 16.5. The highest BCUT2D eigenvalue weighted by Gasteiger charge is 2.34. The molecule has 1 N–H and O–H groups in total. The summed E-state index contributed by atoms with van der Waals surface area (Å²) in [6.07, 6.45) is 3.99. The zero-order valence-corrected chi connectivity index (χ0v) is 12.0. The van der Waals surface area contributed by atoms with Crippen molar-refractivity contribution in [1.82, 2.24) is 5.32 Å². The van der Waals surface area contributed by atoms with Crippen LogP contribution in [0.4, 0.5) is 0 Å². The summed E-state index contributed by atoms with van der Waals surface area (Å²) in [5.74, 6) is -0.710. The molecule has 5 heteroatoms. The maximum atomic E-state index is 11.7. The molecule has 1 fully saturated rings. The van der Waals surface area contributed by atoms with Gasteiger partial charge in [-0.3, -0.25) is 9.59 Å². The van der Waals surface area contributed by atoms with E-state index in [1.807, 2.05) is 42.5 Å². The fourth-order valence-electron chi connectivity index (χ4n) is 1.97. The van der Waals surface area contributed by atoms with Crippen molar-refractivity contribution in [2.75, 3.05) is 13.2 Å². The summed E-state index contributed by atoms with van der Waals surface area (Å²) in [5.41, 5.74) is 1.09. The lowest BCUT2D eigenvalue weighted by Crippen LogP contribution is -2.48. The number of rotatable bonds is 6. The van der Waals surface area contributed by atoms with Crippen molar-refractivity contribution in [3.8, 4) is 0 Å². The standard InChI is InChI=1S/C16H19NO4/c1-2-20-15(18)11-17-16(19)14-10-13(21-14)9-8-12-6-4-3-5-7-12/h3-9,13-14H,2,10-11H2,1H3,(H,17,19)/b9-8+. The van der Waals surface area contributed by atoms with Crippen molar-refractivity contribution < 1.29 is 19.1 Å². The average Bonchev–Trinajstić information content (AvgIpc) is 2.45. The van der Waals surface area contributed by atoms with Gasteiger partial charge in [-0.05, 0) is 12.5 Å². The summed E-state index contributed by atoms with van der Waals surface area (Å²) < 4.78 is 10.2. The normalized spacial score (nSPS) is 20.8. The summed E-state index contributed by atoms with van der Waals surface area (Å²) in [6.45, 7) is 1.91. The lowest BCUT2D eigenvalue weighted by atomic mass is 10.0. The molecule has 0 aromatic heterocycles. The number of ether oxygens (including phenoxy) is 2. The fourth-order valence-corrected chi connectivity index (χ4v) is 1.97. The molecule has 21 heavy (non-hydrogen) atoms. The molecule has 2 rings (SSSR count). The molecule has 1 amide bonds. The highest BCUT2D eigenvalue weighted by Crippen LogP contribution is 2.22. The number of carbonyl (C=O) groups excluding carboxylic acids is 2. The van der Waals surface area contributed by atoms with E-state index in [4.69, 9.17) is 9.47 Å². The van der Waals surface area contributed by atoms with Gasteiger partial charge in [-0.15, -0.1) is 0 Å². The van der Waals surface area contributed by atoms with E-state index in [9.17, 15) is 9.59 Å². The summed E-state index contributed by atoms with van der Waals surface area (Å²) in [4.78, 5) is 22.8. The molecule has 1 heterocycles. The van der Waals surface area contributed by atoms with E-state index in [0.29, 0.717) is 13.0 Å². The summed E-state index contributed by atoms with van der Waals surface area (Å²) in [7, 11) is 0. The number of carbonyl (C=O) groups is 2. The van der Waals surface area contributed by atoms with Crippen LogP contribution >= 0.6 is 0 Å². The molecule has 0 radical (unpaired) electrons. The van der Waals surface area contributed by atoms with Gasteiger partial charge in [0.15, 0.2) is 0 Å². The van der Waals surface area contributed by atoms with Crippen molar-refractivity contribution in [1.29, 1.82) is 0 Å². The van der Waals surface area contributed by atoms with E-state index in [1.165, 1.54) is 0 Å². The number of amides is 1. The van der Waals surface area contributed by atoms with Crippen molar-refractivity contribution in [3.63, 3.8) is 0 Å². The zero-order valence-electron chi connectivity index (χ0n) is 12.0. The minimum Gasteiger partial charge on any atom is -0.465 e. The third-order valence-electron chi connectivity index (χ3n) is 3.09. The Morgan fingerprint density at radius 1 is 1.38 bits per heavy atom. The smallest absolute Gasteiger partial charge is 0.325 e. The quantitative estimate of drug-likeness (QED) is 0.807. The first-order valence-electron chi connectivity index (χ1n) is 7.01. The molecule has 1 aliphatic heterocycles. The minimum atomic E-state index is -0.482. The van der Waals surface area contributed by atoms with Crippen LogP contribution in [-0.4, -0.2) is 37.2 Å². The summed E-state index contributed by atoms with van der Waals surface area (Å²) in [5, 5.41) is 2.50. The molecule has 2 unspecified atom stereocenters. The van der Waals surface area contributed by atoms with Crippen LogP contribution < -0.4 is 5.32 Å². The third kappa shape index (κ3) is 4.72.